The van der Waals surface area contributed by atoms with Crippen molar-refractivity contribution in [1.82, 2.24) is 24.5 Å². The Morgan fingerprint density at radius 2 is 1.63 bits per heavy atom. The van der Waals surface area contributed by atoms with Crippen LogP contribution >= 0.6 is 11.6 Å². The minimum atomic E-state index is 0.0698. The summed E-state index contributed by atoms with van der Waals surface area (Å²) in [5.41, 5.74) is 4.22. The molecule has 3 aromatic carbocycles. The van der Waals surface area contributed by atoms with Crippen LogP contribution in [0.1, 0.15) is 15.9 Å². The molecule has 6 rings (SSSR count). The van der Waals surface area contributed by atoms with Crippen LogP contribution in [0.2, 0.25) is 5.02 Å². The van der Waals surface area contributed by atoms with E-state index >= 15 is 0 Å². The van der Waals surface area contributed by atoms with E-state index in [1.807, 2.05) is 89.0 Å². The zero-order chi connectivity index (χ0) is 23.9. The summed E-state index contributed by atoms with van der Waals surface area (Å²) in [6, 6.07) is 23.4. The average molecular weight is 483 g/mol. The first-order valence-corrected chi connectivity index (χ1v) is 12.0. The van der Waals surface area contributed by atoms with Crippen molar-refractivity contribution in [3.8, 4) is 11.4 Å². The molecule has 174 valence electrons. The molecule has 0 radical (unpaired) electrons. The van der Waals surface area contributed by atoms with Gasteiger partial charge in [-0.15, -0.1) is 10.2 Å². The summed E-state index contributed by atoms with van der Waals surface area (Å²) >= 11 is 6.29. The van der Waals surface area contributed by atoms with Gasteiger partial charge in [0.15, 0.2) is 11.5 Å². The number of carbonyl (C=O) groups excluding carboxylic acids is 1. The van der Waals surface area contributed by atoms with Crippen molar-refractivity contribution < 1.29 is 4.79 Å². The number of halogens is 1. The molecule has 2 aromatic heterocycles. The molecule has 1 aliphatic heterocycles. The van der Waals surface area contributed by atoms with E-state index in [4.69, 9.17) is 16.6 Å². The quantitative estimate of drug-likeness (QED) is 0.367. The van der Waals surface area contributed by atoms with Gasteiger partial charge in [0.25, 0.3) is 5.91 Å². The number of piperazine rings is 1. The summed E-state index contributed by atoms with van der Waals surface area (Å²) in [6.45, 7) is 4.48. The second kappa shape index (κ2) is 8.67. The number of hydrogen-bond acceptors (Lipinski definition) is 5. The van der Waals surface area contributed by atoms with Crippen LogP contribution in [0.25, 0.3) is 27.9 Å². The van der Waals surface area contributed by atoms with Crippen LogP contribution in [0.3, 0.4) is 0 Å². The van der Waals surface area contributed by atoms with E-state index in [-0.39, 0.29) is 5.91 Å². The molecule has 1 amide bonds. The number of amides is 1. The Kier molecular flexibility index (Phi) is 5.34. The Morgan fingerprint density at radius 1 is 0.886 bits per heavy atom. The van der Waals surface area contributed by atoms with Crippen LogP contribution in [0.5, 0.6) is 0 Å². The number of benzene rings is 3. The fourth-order valence-electron chi connectivity index (χ4n) is 4.67. The van der Waals surface area contributed by atoms with Crippen LogP contribution in [0.15, 0.2) is 72.8 Å². The Hall–Kier alpha value is -3.97. The van der Waals surface area contributed by atoms with Gasteiger partial charge in [-0.1, -0.05) is 60.1 Å². The number of hydrogen-bond donors (Lipinski definition) is 0. The fraction of sp³-hybridized carbons (Fsp3) is 0.185. The van der Waals surface area contributed by atoms with Gasteiger partial charge in [-0.25, -0.2) is 9.38 Å². The number of nitrogens with zero attached hydrogens (tertiary/aromatic N) is 6. The van der Waals surface area contributed by atoms with Gasteiger partial charge in [-0.05, 0) is 36.8 Å². The van der Waals surface area contributed by atoms with Gasteiger partial charge in [0.1, 0.15) is 0 Å². The Labute approximate surface area is 207 Å². The van der Waals surface area contributed by atoms with E-state index in [1.165, 1.54) is 0 Å². The lowest BCUT2D eigenvalue weighted by Gasteiger charge is -2.36. The third-order valence-corrected chi connectivity index (χ3v) is 6.78. The van der Waals surface area contributed by atoms with Crippen molar-refractivity contribution >= 4 is 40.0 Å². The van der Waals surface area contributed by atoms with Gasteiger partial charge >= 0.3 is 0 Å². The van der Waals surface area contributed by atoms with E-state index in [9.17, 15) is 4.79 Å². The van der Waals surface area contributed by atoms with E-state index in [2.05, 4.69) is 15.1 Å². The maximum absolute atomic E-state index is 13.1. The monoisotopic (exact) mass is 482 g/mol. The lowest BCUT2D eigenvalue weighted by atomic mass is 10.1. The summed E-state index contributed by atoms with van der Waals surface area (Å²) in [5.74, 6) is 1.56. The summed E-state index contributed by atoms with van der Waals surface area (Å²) in [4.78, 5) is 22.3. The highest BCUT2D eigenvalue weighted by Crippen LogP contribution is 2.30. The third kappa shape index (κ3) is 3.78. The third-order valence-electron chi connectivity index (χ3n) is 6.54. The number of carbonyl (C=O) groups is 1. The predicted molar refractivity (Wildman–Crippen MR) is 138 cm³/mol. The van der Waals surface area contributed by atoms with Crippen LogP contribution in [-0.2, 0) is 0 Å². The number of rotatable bonds is 3. The van der Waals surface area contributed by atoms with Crippen LogP contribution in [0, 0.1) is 6.92 Å². The molecule has 0 N–H and O–H groups in total. The van der Waals surface area contributed by atoms with E-state index in [0.29, 0.717) is 31.2 Å². The van der Waals surface area contributed by atoms with E-state index in [1.54, 1.807) is 0 Å². The maximum atomic E-state index is 13.1. The van der Waals surface area contributed by atoms with Crippen molar-refractivity contribution in [2.24, 2.45) is 0 Å². The SMILES string of the molecule is Cc1ccccc1C(=O)N1CCN(c2nc3cc(Cl)ccc3c3nnc(-c4ccccc4)n23)CC1. The molecule has 0 spiro atoms. The Balaban J connectivity index is 1.40. The maximum Gasteiger partial charge on any atom is 0.254 e. The fourth-order valence-corrected chi connectivity index (χ4v) is 4.84. The first-order chi connectivity index (χ1) is 17.1. The van der Waals surface area contributed by atoms with Crippen molar-refractivity contribution in [2.75, 3.05) is 31.1 Å². The topological polar surface area (TPSA) is 66.6 Å². The molecule has 0 saturated carbocycles. The summed E-state index contributed by atoms with van der Waals surface area (Å²) < 4.78 is 2.02. The molecule has 7 nitrogen and oxygen atoms in total. The summed E-state index contributed by atoms with van der Waals surface area (Å²) in [5, 5.41) is 10.6. The highest BCUT2D eigenvalue weighted by atomic mass is 35.5. The molecule has 5 aromatic rings. The average Bonchev–Trinajstić information content (AvgIpc) is 3.34. The number of aryl methyl sites for hydroxylation is 1. The van der Waals surface area contributed by atoms with E-state index < -0.39 is 0 Å². The molecule has 0 aliphatic carbocycles. The molecule has 1 saturated heterocycles. The summed E-state index contributed by atoms with van der Waals surface area (Å²) in [7, 11) is 0. The van der Waals surface area contributed by atoms with Gasteiger partial charge in [0.05, 0.1) is 5.52 Å². The minimum Gasteiger partial charge on any atom is -0.338 e. The predicted octanol–water partition coefficient (Wildman–Crippen LogP) is 4.87. The number of aromatic nitrogens is 4. The number of anilines is 1. The normalized spacial score (nSPS) is 14.1. The molecule has 0 atom stereocenters. The first kappa shape index (κ1) is 21.6. The standard InChI is InChI=1S/C27H23ClN6O/c1-18-7-5-6-10-21(18)26(35)32-13-15-33(16-14-32)27-29-23-17-20(28)11-12-22(23)25-31-30-24(34(25)27)19-8-3-2-4-9-19/h2-12,17H,13-16H2,1H3. The molecule has 1 fully saturated rings. The van der Waals surface area contributed by atoms with Crippen molar-refractivity contribution in [1.29, 1.82) is 0 Å². The molecule has 35 heavy (non-hydrogen) atoms. The van der Waals surface area contributed by atoms with E-state index in [0.717, 1.165) is 45.0 Å². The molecular weight excluding hydrogens is 460 g/mol. The van der Waals surface area contributed by atoms with Gasteiger partial charge in [0, 0.05) is 47.7 Å². The largest absolute Gasteiger partial charge is 0.338 e. The van der Waals surface area contributed by atoms with Crippen LogP contribution < -0.4 is 4.90 Å². The van der Waals surface area contributed by atoms with Crippen molar-refractivity contribution in [3.05, 3.63) is 88.9 Å². The second-order valence-electron chi connectivity index (χ2n) is 8.72. The van der Waals surface area contributed by atoms with Crippen molar-refractivity contribution in [2.45, 2.75) is 6.92 Å². The number of fused-ring (bicyclic) bond motifs is 3. The molecular formula is C27H23ClN6O. The first-order valence-electron chi connectivity index (χ1n) is 11.6. The van der Waals surface area contributed by atoms with Gasteiger partial charge < -0.3 is 9.80 Å². The minimum absolute atomic E-state index is 0.0698. The summed E-state index contributed by atoms with van der Waals surface area (Å²) in [6.07, 6.45) is 0. The second-order valence-corrected chi connectivity index (χ2v) is 9.15. The van der Waals surface area contributed by atoms with Gasteiger partial charge in [0.2, 0.25) is 5.95 Å². The highest BCUT2D eigenvalue weighted by molar-refractivity contribution is 6.31. The van der Waals surface area contributed by atoms with Crippen LogP contribution in [-0.4, -0.2) is 56.6 Å². The Morgan fingerprint density at radius 3 is 2.40 bits per heavy atom. The molecule has 0 unspecified atom stereocenters. The highest BCUT2D eigenvalue weighted by Gasteiger charge is 2.27. The van der Waals surface area contributed by atoms with Crippen molar-refractivity contribution in [3.63, 3.8) is 0 Å². The molecule has 8 heteroatoms. The lowest BCUT2D eigenvalue weighted by molar-refractivity contribution is 0.0745. The zero-order valence-electron chi connectivity index (χ0n) is 19.2. The van der Waals surface area contributed by atoms with Gasteiger partial charge in [-0.3, -0.25) is 4.79 Å². The Bertz CT molecular complexity index is 1560. The lowest BCUT2D eigenvalue weighted by Crippen LogP contribution is -2.49. The zero-order valence-corrected chi connectivity index (χ0v) is 20.0. The molecule has 3 heterocycles. The molecule has 0 bridgehead atoms. The van der Waals surface area contributed by atoms with Gasteiger partial charge in [-0.2, -0.15) is 0 Å². The van der Waals surface area contributed by atoms with Crippen LogP contribution in [0.4, 0.5) is 5.95 Å². The molecule has 1 aliphatic rings. The smallest absolute Gasteiger partial charge is 0.254 e.